The molecule has 0 radical (unpaired) electrons. The Labute approximate surface area is 172 Å². The van der Waals surface area contributed by atoms with E-state index in [1.165, 1.54) is 11.3 Å². The fourth-order valence-corrected chi connectivity index (χ4v) is 3.75. The molecule has 3 rings (SSSR count). The summed E-state index contributed by atoms with van der Waals surface area (Å²) in [7, 11) is 8.14. The number of aromatic nitrogens is 1. The maximum Gasteiger partial charge on any atom is 0.279 e. The summed E-state index contributed by atoms with van der Waals surface area (Å²) in [4.78, 5) is 17.4. The van der Waals surface area contributed by atoms with Gasteiger partial charge in [0.05, 0.1) is 34.1 Å². The molecule has 0 aliphatic heterocycles. The van der Waals surface area contributed by atoms with Crippen LogP contribution < -0.4 is 23.7 Å². The van der Waals surface area contributed by atoms with E-state index in [9.17, 15) is 4.79 Å². The van der Waals surface area contributed by atoms with Crippen LogP contribution in [0.3, 0.4) is 0 Å². The van der Waals surface area contributed by atoms with Gasteiger partial charge in [-0.15, -0.1) is 11.3 Å². The first-order valence-electron chi connectivity index (χ1n) is 8.70. The molecule has 1 heterocycles. The molecule has 0 bridgehead atoms. The zero-order valence-corrected chi connectivity index (χ0v) is 17.7. The molecule has 8 heteroatoms. The van der Waals surface area contributed by atoms with Crippen LogP contribution in [0.15, 0.2) is 46.8 Å². The zero-order chi connectivity index (χ0) is 21.0. The third-order valence-electron chi connectivity index (χ3n) is 4.42. The largest absolute Gasteiger partial charge is 0.497 e. The first-order valence-corrected chi connectivity index (χ1v) is 9.58. The summed E-state index contributed by atoms with van der Waals surface area (Å²) in [5, 5.41) is 1.93. The standard InChI is InChI=1S/C21H22N2O5S/c1-23-16(14-10-17(26-3)19(28-5)18(11-14)27-4)12-29-21(23)22-20(24)13-6-8-15(25-2)9-7-13/h6-12H,1-5H3/b22-21+. The van der Waals surface area contributed by atoms with E-state index in [-0.39, 0.29) is 5.91 Å². The Morgan fingerprint density at radius 3 is 2.07 bits per heavy atom. The lowest BCUT2D eigenvalue weighted by Gasteiger charge is -2.14. The summed E-state index contributed by atoms with van der Waals surface area (Å²) in [6.07, 6.45) is 0. The Morgan fingerprint density at radius 2 is 1.55 bits per heavy atom. The van der Waals surface area contributed by atoms with Crippen molar-refractivity contribution in [1.29, 1.82) is 0 Å². The van der Waals surface area contributed by atoms with Crippen LogP contribution >= 0.6 is 11.3 Å². The van der Waals surface area contributed by atoms with E-state index in [4.69, 9.17) is 18.9 Å². The normalized spacial score (nSPS) is 11.3. The predicted molar refractivity (Wildman–Crippen MR) is 111 cm³/mol. The fourth-order valence-electron chi connectivity index (χ4n) is 2.85. The number of thiazole rings is 1. The number of carbonyl (C=O) groups is 1. The van der Waals surface area contributed by atoms with Gasteiger partial charge >= 0.3 is 0 Å². The molecular formula is C21H22N2O5S. The van der Waals surface area contributed by atoms with E-state index in [2.05, 4.69) is 4.99 Å². The highest BCUT2D eigenvalue weighted by atomic mass is 32.1. The lowest BCUT2D eigenvalue weighted by Crippen LogP contribution is -2.14. The second-order valence-electron chi connectivity index (χ2n) is 6.02. The monoisotopic (exact) mass is 414 g/mol. The second kappa shape index (κ2) is 8.83. The van der Waals surface area contributed by atoms with Gasteiger partial charge in [-0.1, -0.05) is 0 Å². The quantitative estimate of drug-likeness (QED) is 0.617. The van der Waals surface area contributed by atoms with Gasteiger partial charge in [0.1, 0.15) is 5.75 Å². The Bertz CT molecular complexity index is 1060. The number of rotatable bonds is 6. The molecule has 0 N–H and O–H groups in total. The van der Waals surface area contributed by atoms with Gasteiger partial charge in [-0.05, 0) is 36.4 Å². The van der Waals surface area contributed by atoms with Crippen LogP contribution in [0.25, 0.3) is 11.3 Å². The molecule has 0 spiro atoms. The minimum atomic E-state index is -0.318. The molecule has 152 valence electrons. The number of hydrogen-bond donors (Lipinski definition) is 0. The summed E-state index contributed by atoms with van der Waals surface area (Å²) in [5.41, 5.74) is 2.22. The van der Waals surface area contributed by atoms with Gasteiger partial charge in [-0.2, -0.15) is 4.99 Å². The van der Waals surface area contributed by atoms with Gasteiger partial charge in [0.2, 0.25) is 5.75 Å². The first kappa shape index (κ1) is 20.5. The number of hydrogen-bond acceptors (Lipinski definition) is 6. The summed E-state index contributed by atoms with van der Waals surface area (Å²) in [6.45, 7) is 0. The van der Waals surface area contributed by atoms with E-state index >= 15 is 0 Å². The Morgan fingerprint density at radius 1 is 0.931 bits per heavy atom. The van der Waals surface area contributed by atoms with Crippen LogP contribution in [-0.4, -0.2) is 38.9 Å². The SMILES string of the molecule is COc1ccc(C(=O)/N=c2/scc(-c3cc(OC)c(OC)c(OC)c3)n2C)cc1. The molecule has 0 saturated heterocycles. The van der Waals surface area contributed by atoms with Crippen molar-refractivity contribution in [2.45, 2.75) is 0 Å². The molecule has 1 amide bonds. The predicted octanol–water partition coefficient (Wildman–Crippen LogP) is 3.53. The van der Waals surface area contributed by atoms with Crippen LogP contribution in [0.2, 0.25) is 0 Å². The molecular weight excluding hydrogens is 392 g/mol. The van der Waals surface area contributed by atoms with Gasteiger partial charge in [-0.25, -0.2) is 0 Å². The Balaban J connectivity index is 2.00. The number of ether oxygens (including phenoxy) is 4. The van der Waals surface area contributed by atoms with Crippen molar-refractivity contribution in [3.63, 3.8) is 0 Å². The van der Waals surface area contributed by atoms with Crippen molar-refractivity contribution in [2.24, 2.45) is 12.0 Å². The summed E-state index contributed by atoms with van der Waals surface area (Å²) < 4.78 is 23.2. The van der Waals surface area contributed by atoms with Crippen molar-refractivity contribution in [2.75, 3.05) is 28.4 Å². The van der Waals surface area contributed by atoms with Crippen molar-refractivity contribution < 1.29 is 23.7 Å². The lowest BCUT2D eigenvalue weighted by atomic mass is 10.1. The van der Waals surface area contributed by atoms with E-state index in [0.29, 0.717) is 33.4 Å². The highest BCUT2D eigenvalue weighted by Gasteiger charge is 2.16. The van der Waals surface area contributed by atoms with Crippen LogP contribution in [-0.2, 0) is 7.05 Å². The van der Waals surface area contributed by atoms with Crippen LogP contribution in [0, 0.1) is 0 Å². The molecule has 0 atom stereocenters. The molecule has 0 aliphatic rings. The maximum absolute atomic E-state index is 12.5. The van der Waals surface area contributed by atoms with E-state index in [1.807, 2.05) is 29.1 Å². The first-order chi connectivity index (χ1) is 14.0. The number of methoxy groups -OCH3 is 4. The van der Waals surface area contributed by atoms with Gasteiger partial charge in [-0.3, -0.25) is 4.79 Å². The molecule has 0 unspecified atom stereocenters. The highest BCUT2D eigenvalue weighted by Crippen LogP contribution is 2.41. The van der Waals surface area contributed by atoms with Crippen molar-refractivity contribution in [3.05, 3.63) is 52.1 Å². The highest BCUT2D eigenvalue weighted by molar-refractivity contribution is 7.07. The van der Waals surface area contributed by atoms with Crippen LogP contribution in [0.5, 0.6) is 23.0 Å². The minimum absolute atomic E-state index is 0.318. The maximum atomic E-state index is 12.5. The van der Waals surface area contributed by atoms with Gasteiger partial charge < -0.3 is 23.5 Å². The molecule has 29 heavy (non-hydrogen) atoms. The summed E-state index contributed by atoms with van der Waals surface area (Å²) >= 11 is 1.38. The average molecular weight is 414 g/mol. The second-order valence-corrected chi connectivity index (χ2v) is 6.86. The topological polar surface area (TPSA) is 71.3 Å². The number of benzene rings is 2. The Hall–Kier alpha value is -3.26. The smallest absolute Gasteiger partial charge is 0.279 e. The van der Waals surface area contributed by atoms with E-state index in [0.717, 1.165) is 11.3 Å². The molecule has 0 saturated carbocycles. The van der Waals surface area contributed by atoms with Crippen LogP contribution in [0.1, 0.15) is 10.4 Å². The molecule has 7 nitrogen and oxygen atoms in total. The molecule has 1 aromatic heterocycles. The number of amides is 1. The van der Waals surface area contributed by atoms with Crippen molar-refractivity contribution >= 4 is 17.2 Å². The number of nitrogens with zero attached hydrogens (tertiary/aromatic N) is 2. The van der Waals surface area contributed by atoms with Gasteiger partial charge in [0, 0.05) is 23.6 Å². The molecule has 0 fully saturated rings. The van der Waals surface area contributed by atoms with Gasteiger partial charge in [0.15, 0.2) is 16.3 Å². The molecule has 0 aliphatic carbocycles. The minimum Gasteiger partial charge on any atom is -0.497 e. The van der Waals surface area contributed by atoms with Crippen molar-refractivity contribution in [1.82, 2.24) is 4.57 Å². The number of carbonyl (C=O) groups excluding carboxylic acids is 1. The zero-order valence-electron chi connectivity index (χ0n) is 16.9. The summed E-state index contributed by atoms with van der Waals surface area (Å²) in [5.74, 6) is 2.01. The average Bonchev–Trinajstić information content (AvgIpc) is 3.12. The fraction of sp³-hybridized carbons (Fsp3) is 0.238. The third-order valence-corrected chi connectivity index (χ3v) is 5.34. The van der Waals surface area contributed by atoms with Crippen LogP contribution in [0.4, 0.5) is 0 Å². The molecule has 3 aromatic rings. The van der Waals surface area contributed by atoms with Gasteiger partial charge in [0.25, 0.3) is 5.91 Å². The van der Waals surface area contributed by atoms with Crippen molar-refractivity contribution in [3.8, 4) is 34.3 Å². The Kier molecular flexibility index (Phi) is 6.23. The summed E-state index contributed by atoms with van der Waals surface area (Å²) in [6, 6.07) is 10.6. The lowest BCUT2D eigenvalue weighted by molar-refractivity contribution is 0.0998. The molecule has 2 aromatic carbocycles. The van der Waals surface area contributed by atoms with E-state index in [1.54, 1.807) is 52.7 Å². The third kappa shape index (κ3) is 4.12. The van der Waals surface area contributed by atoms with E-state index < -0.39 is 0 Å².